The van der Waals surface area contributed by atoms with E-state index in [1.807, 2.05) is 0 Å². The number of rotatable bonds is 3. The van der Waals surface area contributed by atoms with Gasteiger partial charge in [0, 0.05) is 21.1 Å². The van der Waals surface area contributed by atoms with Crippen molar-refractivity contribution in [1.82, 2.24) is 15.2 Å². The van der Waals surface area contributed by atoms with Gasteiger partial charge in [-0.1, -0.05) is 0 Å². The predicted molar refractivity (Wildman–Crippen MR) is 37.1 cm³/mol. The van der Waals surface area contributed by atoms with E-state index in [-0.39, 0.29) is 0 Å². The molecule has 0 aliphatic carbocycles. The lowest BCUT2D eigenvalue weighted by atomic mass is 10.4. The first-order chi connectivity index (χ1) is 4.83. The van der Waals surface area contributed by atoms with Gasteiger partial charge in [0.15, 0.2) is 5.79 Å². The van der Waals surface area contributed by atoms with Gasteiger partial charge in [-0.15, -0.1) is 0 Å². The summed E-state index contributed by atoms with van der Waals surface area (Å²) in [5.41, 5.74) is 0. The van der Waals surface area contributed by atoms with Crippen LogP contribution in [0, 0.1) is 0 Å². The average Bonchev–Trinajstić information content (AvgIpc) is 1.84. The topological polar surface area (TPSA) is 70.4 Å². The summed E-state index contributed by atoms with van der Waals surface area (Å²) >= 11 is 0. The van der Waals surface area contributed by atoms with Crippen LogP contribution in [0.25, 0.3) is 0 Å². The minimum atomic E-state index is -1.33. The SMILES string of the molecule is CN(O)C(C)(N(C)O)N(C)O. The summed E-state index contributed by atoms with van der Waals surface area (Å²) in [4.78, 5) is 0. The highest BCUT2D eigenvalue weighted by Gasteiger charge is 2.37. The van der Waals surface area contributed by atoms with Crippen LogP contribution < -0.4 is 0 Å². The minimum Gasteiger partial charge on any atom is -0.311 e. The van der Waals surface area contributed by atoms with Crippen molar-refractivity contribution < 1.29 is 15.6 Å². The highest BCUT2D eigenvalue weighted by Crippen LogP contribution is 2.15. The van der Waals surface area contributed by atoms with Crippen LogP contribution in [0.1, 0.15) is 6.92 Å². The van der Waals surface area contributed by atoms with E-state index in [2.05, 4.69) is 0 Å². The fraction of sp³-hybridized carbons (Fsp3) is 1.00. The van der Waals surface area contributed by atoms with Crippen LogP contribution in [0.4, 0.5) is 0 Å². The molecule has 0 saturated heterocycles. The summed E-state index contributed by atoms with van der Waals surface area (Å²) in [6.07, 6.45) is 0. The Kier molecular flexibility index (Phi) is 3.36. The Morgan fingerprint density at radius 3 is 1.00 bits per heavy atom. The molecular formula is C5H15N3O3. The molecule has 0 aliphatic rings. The molecule has 0 aromatic rings. The van der Waals surface area contributed by atoms with Gasteiger partial charge in [-0.3, -0.25) is 0 Å². The van der Waals surface area contributed by atoms with Crippen LogP contribution in [-0.4, -0.2) is 57.7 Å². The molecule has 0 radical (unpaired) electrons. The molecule has 6 heteroatoms. The van der Waals surface area contributed by atoms with E-state index < -0.39 is 5.79 Å². The lowest BCUT2D eigenvalue weighted by Gasteiger charge is -2.41. The third-order valence-electron chi connectivity index (χ3n) is 1.84. The van der Waals surface area contributed by atoms with E-state index in [0.29, 0.717) is 15.2 Å². The third-order valence-corrected chi connectivity index (χ3v) is 1.84. The second-order valence-electron chi connectivity index (χ2n) is 2.54. The van der Waals surface area contributed by atoms with Crippen molar-refractivity contribution in [1.29, 1.82) is 0 Å². The first-order valence-corrected chi connectivity index (χ1v) is 3.11. The molecule has 6 nitrogen and oxygen atoms in total. The van der Waals surface area contributed by atoms with Crippen LogP contribution in [0.15, 0.2) is 0 Å². The van der Waals surface area contributed by atoms with Crippen molar-refractivity contribution in [2.45, 2.75) is 12.7 Å². The van der Waals surface area contributed by atoms with E-state index in [1.165, 1.54) is 28.1 Å². The normalized spacial score (nSPS) is 13.6. The molecule has 0 atom stereocenters. The van der Waals surface area contributed by atoms with Gasteiger partial charge in [-0.2, -0.15) is 15.2 Å². The van der Waals surface area contributed by atoms with Crippen LogP contribution >= 0.6 is 0 Å². The second-order valence-corrected chi connectivity index (χ2v) is 2.54. The van der Waals surface area contributed by atoms with Gasteiger partial charge in [0.1, 0.15) is 0 Å². The van der Waals surface area contributed by atoms with Crippen molar-refractivity contribution in [2.24, 2.45) is 0 Å². The average molecular weight is 165 g/mol. The van der Waals surface area contributed by atoms with E-state index in [0.717, 1.165) is 0 Å². The largest absolute Gasteiger partial charge is 0.311 e. The molecular weight excluding hydrogens is 150 g/mol. The van der Waals surface area contributed by atoms with Gasteiger partial charge in [0.2, 0.25) is 0 Å². The monoisotopic (exact) mass is 165 g/mol. The van der Waals surface area contributed by atoms with Crippen molar-refractivity contribution in [3.05, 3.63) is 0 Å². The molecule has 0 fully saturated rings. The molecule has 3 N–H and O–H groups in total. The van der Waals surface area contributed by atoms with Crippen molar-refractivity contribution >= 4 is 0 Å². The van der Waals surface area contributed by atoms with Gasteiger partial charge in [-0.05, 0) is 6.92 Å². The zero-order valence-electron chi connectivity index (χ0n) is 7.18. The van der Waals surface area contributed by atoms with Gasteiger partial charge in [-0.25, -0.2) is 0 Å². The van der Waals surface area contributed by atoms with Gasteiger partial charge >= 0.3 is 0 Å². The maximum absolute atomic E-state index is 9.04. The number of hydroxylamine groups is 6. The molecule has 0 aromatic heterocycles. The zero-order valence-corrected chi connectivity index (χ0v) is 7.18. The van der Waals surface area contributed by atoms with Crippen molar-refractivity contribution in [3.8, 4) is 0 Å². The standard InChI is InChI=1S/C5H15N3O3/c1-5(6(2)9,7(3)10)8(4)11/h9-11H,1-4H3. The zero-order chi connectivity index (χ0) is 9.23. The molecule has 68 valence electrons. The van der Waals surface area contributed by atoms with Gasteiger partial charge in [0.05, 0.1) is 0 Å². The summed E-state index contributed by atoms with van der Waals surface area (Å²) < 4.78 is 0. The fourth-order valence-electron chi connectivity index (χ4n) is 0.628. The van der Waals surface area contributed by atoms with Crippen LogP contribution in [0.3, 0.4) is 0 Å². The van der Waals surface area contributed by atoms with E-state index in [1.54, 1.807) is 0 Å². The van der Waals surface area contributed by atoms with Gasteiger partial charge in [0.25, 0.3) is 0 Å². The number of hydrogen-bond donors (Lipinski definition) is 3. The maximum atomic E-state index is 9.04. The highest BCUT2D eigenvalue weighted by molar-refractivity contribution is 4.67. The van der Waals surface area contributed by atoms with E-state index in [4.69, 9.17) is 15.6 Å². The fourth-order valence-corrected chi connectivity index (χ4v) is 0.628. The molecule has 0 saturated carbocycles. The smallest absolute Gasteiger partial charge is 0.192 e. The first kappa shape index (κ1) is 10.8. The van der Waals surface area contributed by atoms with Crippen molar-refractivity contribution in [2.75, 3.05) is 21.1 Å². The lowest BCUT2D eigenvalue weighted by Crippen LogP contribution is -2.62. The summed E-state index contributed by atoms with van der Waals surface area (Å²) in [5.74, 6) is -1.33. The molecule has 0 amide bonds. The summed E-state index contributed by atoms with van der Waals surface area (Å²) in [6.45, 7) is 1.44. The van der Waals surface area contributed by atoms with Crippen LogP contribution in [-0.2, 0) is 0 Å². The van der Waals surface area contributed by atoms with E-state index >= 15 is 0 Å². The Bertz CT molecular complexity index is 104. The molecule has 11 heavy (non-hydrogen) atoms. The maximum Gasteiger partial charge on any atom is 0.192 e. The second kappa shape index (κ2) is 3.44. The van der Waals surface area contributed by atoms with Crippen LogP contribution in [0.2, 0.25) is 0 Å². The quantitative estimate of drug-likeness (QED) is 0.391. The van der Waals surface area contributed by atoms with Gasteiger partial charge < -0.3 is 15.6 Å². The molecule has 0 aliphatic heterocycles. The Balaban J connectivity index is 4.53. The Morgan fingerprint density at radius 2 is 1.00 bits per heavy atom. The minimum absolute atomic E-state index is 0.688. The Labute approximate surface area is 65.7 Å². The lowest BCUT2D eigenvalue weighted by molar-refractivity contribution is -0.386. The summed E-state index contributed by atoms with van der Waals surface area (Å²) in [7, 11) is 3.96. The molecule has 0 rings (SSSR count). The molecule has 0 spiro atoms. The molecule has 0 unspecified atom stereocenters. The van der Waals surface area contributed by atoms with Crippen LogP contribution in [0.5, 0.6) is 0 Å². The number of nitrogens with zero attached hydrogens (tertiary/aromatic N) is 3. The molecule has 0 bridgehead atoms. The molecule has 0 aromatic carbocycles. The summed E-state index contributed by atoms with van der Waals surface area (Å²) in [6, 6.07) is 0. The Hall–Kier alpha value is -0.240. The van der Waals surface area contributed by atoms with E-state index in [9.17, 15) is 0 Å². The number of hydrogen-bond acceptors (Lipinski definition) is 6. The molecule has 0 heterocycles. The Morgan fingerprint density at radius 1 is 0.818 bits per heavy atom. The summed E-state index contributed by atoms with van der Waals surface area (Å²) in [5, 5.41) is 29.2. The predicted octanol–water partition coefficient (Wildman–Crippen LogP) is -0.377. The van der Waals surface area contributed by atoms with Crippen molar-refractivity contribution in [3.63, 3.8) is 0 Å². The first-order valence-electron chi connectivity index (χ1n) is 3.11. The highest BCUT2D eigenvalue weighted by atomic mass is 16.6. The third kappa shape index (κ3) is 1.86.